The molecule has 1 saturated heterocycles. The Kier molecular flexibility index (Phi) is 5.99. The number of anilines is 1. The van der Waals surface area contributed by atoms with Gasteiger partial charge in [0.25, 0.3) is 5.91 Å². The lowest BCUT2D eigenvalue weighted by atomic mass is 9.79. The highest BCUT2D eigenvalue weighted by Crippen LogP contribution is 2.52. The van der Waals surface area contributed by atoms with Crippen LogP contribution >= 0.6 is 23.1 Å². The molecule has 1 aromatic heterocycles. The number of carbonyl (C=O) groups excluding carboxylic acids is 2. The summed E-state index contributed by atoms with van der Waals surface area (Å²) in [6.45, 7) is 3.31. The molecule has 12 heteroatoms. The minimum atomic E-state index is -1.24. The zero-order chi connectivity index (χ0) is 24.0. The molecule has 2 aromatic rings. The number of rotatable bonds is 7. The third-order valence-electron chi connectivity index (χ3n) is 5.59. The van der Waals surface area contributed by atoms with Crippen LogP contribution in [-0.4, -0.2) is 61.1 Å². The second-order valence-corrected chi connectivity index (χ2v) is 9.86. The van der Waals surface area contributed by atoms with Crippen molar-refractivity contribution in [1.29, 1.82) is 0 Å². The van der Waals surface area contributed by atoms with Crippen LogP contribution in [0.3, 0.4) is 0 Å². The molecule has 0 saturated carbocycles. The fraction of sp³-hybridized carbons (Fsp3) is 0.286. The first-order valence-electron chi connectivity index (χ1n) is 9.86. The molecular weight excluding hydrogens is 470 g/mol. The highest BCUT2D eigenvalue weighted by Gasteiger charge is 2.60. The molecule has 0 radical (unpaired) electrons. The van der Waals surface area contributed by atoms with E-state index < -0.39 is 41.8 Å². The number of fused-ring (bicyclic) bond motifs is 1. The topological polar surface area (TPSA) is 157 Å². The zero-order valence-corrected chi connectivity index (χ0v) is 19.0. The summed E-state index contributed by atoms with van der Waals surface area (Å²) in [4.78, 5) is 53.9. The Labute approximate surface area is 195 Å². The number of carboxylic acids is 2. The number of aliphatic hydroxyl groups excluding tert-OH is 1. The number of aromatic nitrogens is 1. The van der Waals surface area contributed by atoms with Crippen molar-refractivity contribution in [3.05, 3.63) is 51.5 Å². The Bertz CT molecular complexity index is 1210. The fourth-order valence-corrected chi connectivity index (χ4v) is 6.15. The molecule has 1 aromatic carbocycles. The van der Waals surface area contributed by atoms with Gasteiger partial charge in [-0.15, -0.1) is 11.3 Å². The molecule has 4 N–H and O–H groups in total. The van der Waals surface area contributed by atoms with Gasteiger partial charge >= 0.3 is 11.9 Å². The van der Waals surface area contributed by atoms with Crippen molar-refractivity contribution in [3.8, 4) is 0 Å². The number of benzene rings is 1. The Hall–Kier alpha value is -3.22. The first-order valence-corrected chi connectivity index (χ1v) is 11.6. The number of aliphatic carboxylic acids is 1. The lowest BCUT2D eigenvalue weighted by Crippen LogP contribution is -2.63. The quantitative estimate of drug-likeness (QED) is 0.429. The van der Waals surface area contributed by atoms with Gasteiger partial charge in [0.2, 0.25) is 5.91 Å². The van der Waals surface area contributed by atoms with E-state index in [1.54, 1.807) is 13.0 Å². The summed E-state index contributed by atoms with van der Waals surface area (Å²) in [5, 5.41) is 32.8. The first kappa shape index (κ1) is 23.0. The standard InChI is InChI=1S/C21H19N3O7S2/c1-8-14-13(9(2)25)18(27)24(14)15(20(30)31)16(8)33-21-23-12(7-32-21)17(26)22-11-5-3-4-10(6-11)19(28)29/h3-9,13-14,25H,1-2H3,(H,22,26)(H,28,29)(H,30,31)/t8-,9-,13-,14-/m1/s1. The van der Waals surface area contributed by atoms with Crippen molar-refractivity contribution in [2.75, 3.05) is 5.32 Å². The van der Waals surface area contributed by atoms with E-state index in [4.69, 9.17) is 5.11 Å². The molecule has 33 heavy (non-hydrogen) atoms. The van der Waals surface area contributed by atoms with Gasteiger partial charge < -0.3 is 25.5 Å². The summed E-state index contributed by atoms with van der Waals surface area (Å²) in [5.41, 5.74) is 0.299. The number of amides is 2. The summed E-state index contributed by atoms with van der Waals surface area (Å²) in [5.74, 6) is -4.30. The smallest absolute Gasteiger partial charge is 0.353 e. The van der Waals surface area contributed by atoms with Gasteiger partial charge in [0.15, 0.2) is 4.34 Å². The average molecular weight is 490 g/mol. The molecular formula is C21H19N3O7S2. The van der Waals surface area contributed by atoms with Crippen LogP contribution in [-0.2, 0) is 9.59 Å². The van der Waals surface area contributed by atoms with Crippen LogP contribution in [0.1, 0.15) is 34.7 Å². The normalized spacial score (nSPS) is 22.6. The van der Waals surface area contributed by atoms with Crippen molar-refractivity contribution in [1.82, 2.24) is 9.88 Å². The Morgan fingerprint density at radius 1 is 1.24 bits per heavy atom. The van der Waals surface area contributed by atoms with Crippen LogP contribution in [0.15, 0.2) is 44.6 Å². The molecule has 4 rings (SSSR count). The number of β-lactam (4-membered cyclic amide) rings is 1. The third-order valence-corrected chi connectivity index (χ3v) is 7.82. The Morgan fingerprint density at radius 2 is 1.97 bits per heavy atom. The largest absolute Gasteiger partial charge is 0.478 e. The second kappa shape index (κ2) is 8.61. The number of hydrogen-bond donors (Lipinski definition) is 4. The minimum Gasteiger partial charge on any atom is -0.478 e. The molecule has 4 atom stereocenters. The van der Waals surface area contributed by atoms with Crippen LogP contribution in [0, 0.1) is 11.8 Å². The first-order chi connectivity index (χ1) is 15.6. The van der Waals surface area contributed by atoms with E-state index in [2.05, 4.69) is 10.3 Å². The van der Waals surface area contributed by atoms with Crippen molar-refractivity contribution in [2.24, 2.45) is 11.8 Å². The number of nitrogens with zero attached hydrogens (tertiary/aromatic N) is 2. The molecule has 3 heterocycles. The average Bonchev–Trinajstić information content (AvgIpc) is 3.30. The van der Waals surface area contributed by atoms with Crippen molar-refractivity contribution < 1.29 is 34.5 Å². The fourth-order valence-electron chi connectivity index (χ4n) is 4.08. The van der Waals surface area contributed by atoms with Crippen molar-refractivity contribution >= 4 is 52.5 Å². The van der Waals surface area contributed by atoms with Crippen molar-refractivity contribution in [3.63, 3.8) is 0 Å². The highest BCUT2D eigenvalue weighted by atomic mass is 32.2. The molecule has 0 spiro atoms. The molecule has 2 aliphatic heterocycles. The van der Waals surface area contributed by atoms with Crippen molar-refractivity contribution in [2.45, 2.75) is 30.3 Å². The molecule has 0 aliphatic carbocycles. The number of hydrogen-bond acceptors (Lipinski definition) is 8. The van der Waals surface area contributed by atoms with Gasteiger partial charge in [-0.2, -0.15) is 0 Å². The predicted octanol–water partition coefficient (Wildman–Crippen LogP) is 2.34. The van der Waals surface area contributed by atoms with Gasteiger partial charge in [0.1, 0.15) is 11.4 Å². The maximum atomic E-state index is 12.5. The molecule has 1 fully saturated rings. The Morgan fingerprint density at radius 3 is 2.61 bits per heavy atom. The van der Waals surface area contributed by atoms with E-state index in [-0.39, 0.29) is 22.9 Å². The monoisotopic (exact) mass is 489 g/mol. The van der Waals surface area contributed by atoms with Gasteiger partial charge in [-0.05, 0) is 25.1 Å². The van der Waals surface area contributed by atoms with Crippen LogP contribution in [0.25, 0.3) is 0 Å². The van der Waals surface area contributed by atoms with Gasteiger partial charge in [-0.25, -0.2) is 14.6 Å². The van der Waals surface area contributed by atoms with Gasteiger partial charge in [-0.3, -0.25) is 9.59 Å². The summed E-state index contributed by atoms with van der Waals surface area (Å²) < 4.78 is 0.420. The summed E-state index contributed by atoms with van der Waals surface area (Å²) >= 11 is 2.23. The third kappa shape index (κ3) is 4.01. The van der Waals surface area contributed by atoms with Crippen LogP contribution in [0.2, 0.25) is 0 Å². The molecule has 2 amide bonds. The van der Waals surface area contributed by atoms with E-state index in [9.17, 15) is 29.4 Å². The second-order valence-electron chi connectivity index (χ2n) is 7.71. The predicted molar refractivity (Wildman–Crippen MR) is 119 cm³/mol. The molecule has 2 aliphatic rings. The van der Waals surface area contributed by atoms with Crippen LogP contribution in [0.4, 0.5) is 5.69 Å². The molecule has 0 bridgehead atoms. The summed E-state index contributed by atoms with van der Waals surface area (Å²) in [6.07, 6.45) is -0.893. The van der Waals surface area contributed by atoms with E-state index in [0.717, 1.165) is 23.1 Å². The maximum Gasteiger partial charge on any atom is 0.353 e. The maximum absolute atomic E-state index is 12.5. The number of aromatic carboxylic acids is 1. The number of thioether (sulfide) groups is 1. The Balaban J connectivity index is 1.53. The number of carbonyl (C=O) groups is 4. The molecule has 10 nitrogen and oxygen atoms in total. The van der Waals surface area contributed by atoms with E-state index in [1.165, 1.54) is 35.4 Å². The van der Waals surface area contributed by atoms with Gasteiger partial charge in [-0.1, -0.05) is 24.8 Å². The van der Waals surface area contributed by atoms with E-state index in [0.29, 0.717) is 14.9 Å². The molecule has 172 valence electrons. The number of carboxylic acid groups (broad SMARTS) is 2. The van der Waals surface area contributed by atoms with E-state index >= 15 is 0 Å². The number of aliphatic hydroxyl groups is 1. The van der Waals surface area contributed by atoms with Gasteiger partial charge in [0, 0.05) is 21.9 Å². The SMILES string of the molecule is C[C@@H](O)[C@H]1C(=O)N2C(C(=O)O)=C(Sc3nc(C(=O)Nc4cccc(C(=O)O)c4)cs3)[C@H](C)[C@H]12. The number of thiazole rings is 1. The highest BCUT2D eigenvalue weighted by molar-refractivity contribution is 8.04. The van der Waals surface area contributed by atoms with Gasteiger partial charge in [0.05, 0.1) is 23.6 Å². The zero-order valence-electron chi connectivity index (χ0n) is 17.4. The number of nitrogens with one attached hydrogen (secondary N) is 1. The van der Waals surface area contributed by atoms with Crippen LogP contribution in [0.5, 0.6) is 0 Å². The summed E-state index contributed by atoms with van der Waals surface area (Å²) in [7, 11) is 0. The minimum absolute atomic E-state index is 0.0281. The van der Waals surface area contributed by atoms with Crippen LogP contribution < -0.4 is 5.32 Å². The summed E-state index contributed by atoms with van der Waals surface area (Å²) in [6, 6.07) is 5.36. The lowest BCUT2D eigenvalue weighted by Gasteiger charge is -2.46. The lowest BCUT2D eigenvalue weighted by molar-refractivity contribution is -0.163. The molecule has 0 unspecified atom stereocenters. The van der Waals surface area contributed by atoms with E-state index in [1.807, 2.05) is 0 Å².